The van der Waals surface area contributed by atoms with E-state index < -0.39 is 0 Å². The molecule has 0 bridgehead atoms. The number of hydrogen-bond donors (Lipinski definition) is 1. The fraction of sp³-hybridized carbons (Fsp3) is 0.300. The lowest BCUT2D eigenvalue weighted by molar-refractivity contribution is 0.224. The van der Waals surface area contributed by atoms with Gasteiger partial charge in [-0.1, -0.05) is 18.2 Å². The highest BCUT2D eigenvalue weighted by Gasteiger charge is 2.04. The van der Waals surface area contributed by atoms with Crippen molar-refractivity contribution in [3.05, 3.63) is 30.3 Å². The number of urea groups is 1. The highest BCUT2D eigenvalue weighted by Crippen LogP contribution is 2.05. The number of carbonyl (C=O) groups excluding carboxylic acids is 1. The molecule has 1 aromatic rings. The Morgan fingerprint density at radius 1 is 1.38 bits per heavy atom. The Kier molecular flexibility index (Phi) is 3.31. The van der Waals surface area contributed by atoms with Gasteiger partial charge in [-0.25, -0.2) is 4.79 Å². The summed E-state index contributed by atoms with van der Waals surface area (Å²) in [5.41, 5.74) is 0.827. The first-order valence-corrected chi connectivity index (χ1v) is 4.31. The minimum atomic E-state index is -0.0753. The van der Waals surface area contributed by atoms with E-state index in [2.05, 4.69) is 5.32 Å². The summed E-state index contributed by atoms with van der Waals surface area (Å²) in [7, 11) is 1.76. The third-order valence-corrected chi connectivity index (χ3v) is 1.85. The monoisotopic (exact) mass is 178 g/mol. The average molecular weight is 178 g/mol. The van der Waals surface area contributed by atoms with Gasteiger partial charge in [-0.05, 0) is 19.1 Å². The number of para-hydroxylation sites is 1. The smallest absolute Gasteiger partial charge is 0.321 e. The SMILES string of the molecule is CCN(C)C(=O)Nc1ccccc1. The maximum Gasteiger partial charge on any atom is 0.321 e. The van der Waals surface area contributed by atoms with E-state index in [1.807, 2.05) is 37.3 Å². The third kappa shape index (κ3) is 2.78. The zero-order chi connectivity index (χ0) is 9.68. The van der Waals surface area contributed by atoms with E-state index in [0.717, 1.165) is 5.69 Å². The lowest BCUT2D eigenvalue weighted by Gasteiger charge is -2.15. The molecule has 1 aromatic carbocycles. The van der Waals surface area contributed by atoms with Gasteiger partial charge in [0.05, 0.1) is 0 Å². The molecule has 0 aliphatic heterocycles. The zero-order valence-corrected chi connectivity index (χ0v) is 7.95. The van der Waals surface area contributed by atoms with E-state index in [9.17, 15) is 4.79 Å². The Hall–Kier alpha value is -1.51. The first-order chi connectivity index (χ1) is 6.24. The number of benzene rings is 1. The van der Waals surface area contributed by atoms with Gasteiger partial charge in [0.2, 0.25) is 0 Å². The van der Waals surface area contributed by atoms with Crippen molar-refractivity contribution in [2.75, 3.05) is 18.9 Å². The molecule has 2 amide bonds. The van der Waals surface area contributed by atoms with Gasteiger partial charge in [-0.2, -0.15) is 0 Å². The van der Waals surface area contributed by atoms with Crippen LogP contribution in [0, 0.1) is 0 Å². The van der Waals surface area contributed by atoms with Gasteiger partial charge in [0.1, 0.15) is 0 Å². The van der Waals surface area contributed by atoms with Crippen LogP contribution in [0.25, 0.3) is 0 Å². The van der Waals surface area contributed by atoms with Crippen LogP contribution in [0.15, 0.2) is 30.3 Å². The van der Waals surface area contributed by atoms with Crippen molar-refractivity contribution in [2.24, 2.45) is 0 Å². The topological polar surface area (TPSA) is 32.3 Å². The quantitative estimate of drug-likeness (QED) is 0.739. The molecule has 1 N–H and O–H groups in total. The highest BCUT2D eigenvalue weighted by molar-refractivity contribution is 5.88. The summed E-state index contributed by atoms with van der Waals surface area (Å²) in [5.74, 6) is 0. The predicted octanol–water partition coefficient (Wildman–Crippen LogP) is 2.17. The van der Waals surface area contributed by atoms with Gasteiger partial charge in [-0.3, -0.25) is 0 Å². The van der Waals surface area contributed by atoms with Crippen molar-refractivity contribution in [3.8, 4) is 0 Å². The molecule has 0 saturated heterocycles. The van der Waals surface area contributed by atoms with Gasteiger partial charge < -0.3 is 10.2 Å². The lowest BCUT2D eigenvalue weighted by atomic mass is 10.3. The van der Waals surface area contributed by atoms with Gasteiger partial charge >= 0.3 is 6.03 Å². The molecule has 0 aromatic heterocycles. The Bertz CT molecular complexity index is 272. The van der Waals surface area contributed by atoms with Crippen molar-refractivity contribution in [1.82, 2.24) is 4.90 Å². The second-order valence-electron chi connectivity index (χ2n) is 2.81. The Labute approximate surface area is 78.4 Å². The standard InChI is InChI=1S/C10H14N2O/c1-3-12(2)10(13)11-9-7-5-4-6-8-9/h4-8H,3H2,1-2H3,(H,11,13). The number of rotatable bonds is 2. The summed E-state index contributed by atoms with van der Waals surface area (Å²) < 4.78 is 0. The summed E-state index contributed by atoms with van der Waals surface area (Å²) >= 11 is 0. The van der Waals surface area contributed by atoms with E-state index in [1.165, 1.54) is 0 Å². The van der Waals surface area contributed by atoms with E-state index >= 15 is 0 Å². The molecule has 3 nitrogen and oxygen atoms in total. The van der Waals surface area contributed by atoms with Gasteiger partial charge in [0.25, 0.3) is 0 Å². The number of carbonyl (C=O) groups is 1. The summed E-state index contributed by atoms with van der Waals surface area (Å²) in [6.07, 6.45) is 0. The molecule has 70 valence electrons. The lowest BCUT2D eigenvalue weighted by Crippen LogP contribution is -2.30. The van der Waals surface area contributed by atoms with Crippen molar-refractivity contribution in [2.45, 2.75) is 6.92 Å². The average Bonchev–Trinajstić information content (AvgIpc) is 2.18. The van der Waals surface area contributed by atoms with Crippen LogP contribution in [0.5, 0.6) is 0 Å². The second-order valence-corrected chi connectivity index (χ2v) is 2.81. The molecule has 0 spiro atoms. The number of nitrogens with zero attached hydrogens (tertiary/aromatic N) is 1. The van der Waals surface area contributed by atoms with Crippen LogP contribution < -0.4 is 5.32 Å². The fourth-order valence-electron chi connectivity index (χ4n) is 0.884. The first kappa shape index (κ1) is 9.58. The fourth-order valence-corrected chi connectivity index (χ4v) is 0.884. The van der Waals surface area contributed by atoms with Crippen molar-refractivity contribution in [1.29, 1.82) is 0 Å². The molecule has 0 radical (unpaired) electrons. The van der Waals surface area contributed by atoms with Crippen LogP contribution in [-0.4, -0.2) is 24.5 Å². The number of amides is 2. The molecule has 0 heterocycles. The molecule has 0 aliphatic rings. The Morgan fingerprint density at radius 3 is 2.54 bits per heavy atom. The van der Waals surface area contributed by atoms with Crippen molar-refractivity contribution >= 4 is 11.7 Å². The van der Waals surface area contributed by atoms with Gasteiger partial charge in [-0.15, -0.1) is 0 Å². The first-order valence-electron chi connectivity index (χ1n) is 4.31. The second kappa shape index (κ2) is 4.50. The Morgan fingerprint density at radius 2 is 2.00 bits per heavy atom. The van der Waals surface area contributed by atoms with Crippen molar-refractivity contribution < 1.29 is 4.79 Å². The van der Waals surface area contributed by atoms with Crippen LogP contribution in [0.4, 0.5) is 10.5 Å². The van der Waals surface area contributed by atoms with Crippen LogP contribution in [0.1, 0.15) is 6.92 Å². The van der Waals surface area contributed by atoms with E-state index in [4.69, 9.17) is 0 Å². The largest absolute Gasteiger partial charge is 0.328 e. The van der Waals surface area contributed by atoms with Crippen LogP contribution in [0.2, 0.25) is 0 Å². The Balaban J connectivity index is 2.55. The van der Waals surface area contributed by atoms with E-state index in [-0.39, 0.29) is 6.03 Å². The molecule has 0 fully saturated rings. The summed E-state index contributed by atoms with van der Waals surface area (Å²) in [4.78, 5) is 13.0. The molecule has 0 saturated carbocycles. The van der Waals surface area contributed by atoms with Crippen molar-refractivity contribution in [3.63, 3.8) is 0 Å². The number of hydrogen-bond acceptors (Lipinski definition) is 1. The molecule has 1 rings (SSSR count). The molecular weight excluding hydrogens is 164 g/mol. The molecule has 0 atom stereocenters. The number of nitrogens with one attached hydrogen (secondary N) is 1. The summed E-state index contributed by atoms with van der Waals surface area (Å²) in [6.45, 7) is 2.64. The molecular formula is C10H14N2O. The minimum Gasteiger partial charge on any atom is -0.328 e. The minimum absolute atomic E-state index is 0.0753. The summed E-state index contributed by atoms with van der Waals surface area (Å²) in [6, 6.07) is 9.35. The van der Waals surface area contributed by atoms with Crippen LogP contribution in [0.3, 0.4) is 0 Å². The maximum atomic E-state index is 11.4. The van der Waals surface area contributed by atoms with Gasteiger partial charge in [0, 0.05) is 19.3 Å². The predicted molar refractivity (Wildman–Crippen MR) is 53.8 cm³/mol. The van der Waals surface area contributed by atoms with Crippen LogP contribution >= 0.6 is 0 Å². The zero-order valence-electron chi connectivity index (χ0n) is 7.95. The van der Waals surface area contributed by atoms with Gasteiger partial charge in [0.15, 0.2) is 0 Å². The molecule has 0 unspecified atom stereocenters. The van der Waals surface area contributed by atoms with E-state index in [1.54, 1.807) is 11.9 Å². The van der Waals surface area contributed by atoms with E-state index in [0.29, 0.717) is 6.54 Å². The van der Waals surface area contributed by atoms with Crippen LogP contribution in [-0.2, 0) is 0 Å². The summed E-state index contributed by atoms with van der Waals surface area (Å²) in [5, 5.41) is 2.78. The highest BCUT2D eigenvalue weighted by atomic mass is 16.2. The number of anilines is 1. The normalized spacial score (nSPS) is 9.38. The molecule has 0 aliphatic carbocycles. The third-order valence-electron chi connectivity index (χ3n) is 1.85. The molecule has 3 heteroatoms. The molecule has 13 heavy (non-hydrogen) atoms. The maximum absolute atomic E-state index is 11.4.